The fraction of sp³-hybridized carbons (Fsp3) is 0.947. The number of Topliss-reactive ketones (excluding diaryl/α,β-unsaturated/α-hetero) is 1. The number of carbonyl (C=O) groups is 1. The molecule has 1 heterocycles. The lowest BCUT2D eigenvalue weighted by atomic mass is 9.38. The molecule has 1 aliphatic heterocycles. The minimum atomic E-state index is 0.419. The molecule has 1 spiro atoms. The SMILES string of the molecule is C[C@]12CCC3OC[C@@]3(C)[C@@H]1CC[C@H]1C[C@@H]3CC12CCC3=O. The van der Waals surface area contributed by atoms with Crippen LogP contribution >= 0.6 is 0 Å². The maximum absolute atomic E-state index is 12.2. The monoisotopic (exact) mass is 288 g/mol. The minimum Gasteiger partial charge on any atom is -0.377 e. The molecule has 2 nitrogen and oxygen atoms in total. The molecule has 5 rings (SSSR count). The molecular weight excluding hydrogens is 260 g/mol. The molecule has 0 aromatic rings. The van der Waals surface area contributed by atoms with Crippen molar-refractivity contribution >= 4 is 5.78 Å². The Balaban J connectivity index is 1.60. The van der Waals surface area contributed by atoms with Gasteiger partial charge >= 0.3 is 0 Å². The van der Waals surface area contributed by atoms with Gasteiger partial charge in [-0.3, -0.25) is 4.79 Å². The van der Waals surface area contributed by atoms with E-state index in [0.29, 0.717) is 34.1 Å². The first-order chi connectivity index (χ1) is 10.00. The van der Waals surface area contributed by atoms with Crippen LogP contribution in [0.2, 0.25) is 0 Å². The van der Waals surface area contributed by atoms with Gasteiger partial charge in [0.1, 0.15) is 5.78 Å². The van der Waals surface area contributed by atoms with Crippen LogP contribution in [0.3, 0.4) is 0 Å². The van der Waals surface area contributed by atoms with Gasteiger partial charge in [-0.05, 0) is 67.6 Å². The Morgan fingerprint density at radius 1 is 1.14 bits per heavy atom. The standard InChI is InChI=1S/C19H28O2/c1-17-11-21-16(17)6-7-18(2)15(17)4-3-13-9-12-10-19(13,18)8-5-14(12)20/h12-13,15-16H,3-11H2,1-2H3/t12-,13+,15+,16?,17+,18+,19?/m1/s1. The molecule has 4 aliphatic carbocycles. The lowest BCUT2D eigenvalue weighted by Gasteiger charge is -2.69. The lowest BCUT2D eigenvalue weighted by Crippen LogP contribution is -2.67. The van der Waals surface area contributed by atoms with Crippen molar-refractivity contribution in [1.29, 1.82) is 0 Å². The quantitative estimate of drug-likeness (QED) is 0.674. The topological polar surface area (TPSA) is 26.3 Å². The van der Waals surface area contributed by atoms with Crippen LogP contribution in [-0.4, -0.2) is 18.5 Å². The van der Waals surface area contributed by atoms with E-state index in [1.54, 1.807) is 0 Å². The molecule has 4 saturated carbocycles. The lowest BCUT2D eigenvalue weighted by molar-refractivity contribution is -0.286. The molecule has 0 radical (unpaired) electrons. The first kappa shape index (κ1) is 13.1. The summed E-state index contributed by atoms with van der Waals surface area (Å²) in [6.45, 7) is 6.10. The van der Waals surface area contributed by atoms with Crippen molar-refractivity contribution < 1.29 is 9.53 Å². The second kappa shape index (κ2) is 3.75. The fourth-order valence-electron chi connectivity index (χ4n) is 7.89. The number of ether oxygens (including phenoxy) is 1. The molecule has 2 bridgehead atoms. The van der Waals surface area contributed by atoms with Crippen LogP contribution in [0, 0.1) is 34.0 Å². The Bertz CT molecular complexity index is 514. The van der Waals surface area contributed by atoms with Crippen LogP contribution < -0.4 is 0 Å². The van der Waals surface area contributed by atoms with E-state index in [-0.39, 0.29) is 0 Å². The highest BCUT2D eigenvalue weighted by atomic mass is 16.5. The van der Waals surface area contributed by atoms with Gasteiger partial charge in [0.15, 0.2) is 0 Å². The predicted molar refractivity (Wildman–Crippen MR) is 80.8 cm³/mol. The number of hydrogen-bond acceptors (Lipinski definition) is 2. The molecular formula is C19H28O2. The van der Waals surface area contributed by atoms with Crippen molar-refractivity contribution in [2.75, 3.05) is 6.61 Å². The Morgan fingerprint density at radius 2 is 2.00 bits per heavy atom. The van der Waals surface area contributed by atoms with Crippen LogP contribution in [0.5, 0.6) is 0 Å². The zero-order valence-corrected chi connectivity index (χ0v) is 13.5. The van der Waals surface area contributed by atoms with Crippen molar-refractivity contribution in [2.24, 2.45) is 34.0 Å². The summed E-state index contributed by atoms with van der Waals surface area (Å²) in [7, 11) is 0. The Kier molecular flexibility index (Phi) is 2.34. The van der Waals surface area contributed by atoms with Crippen molar-refractivity contribution in [3.63, 3.8) is 0 Å². The highest BCUT2D eigenvalue weighted by Crippen LogP contribution is 2.75. The van der Waals surface area contributed by atoms with E-state index in [2.05, 4.69) is 13.8 Å². The summed E-state index contributed by atoms with van der Waals surface area (Å²) in [5.74, 6) is 2.68. The zero-order chi connectivity index (χ0) is 14.5. The highest BCUT2D eigenvalue weighted by molar-refractivity contribution is 5.82. The second-order valence-corrected chi connectivity index (χ2v) is 9.35. The fourth-order valence-corrected chi connectivity index (χ4v) is 7.89. The smallest absolute Gasteiger partial charge is 0.136 e. The molecule has 0 amide bonds. The van der Waals surface area contributed by atoms with Crippen LogP contribution in [0.15, 0.2) is 0 Å². The average Bonchev–Trinajstić information content (AvgIpc) is 2.77. The molecule has 0 N–H and O–H groups in total. The Morgan fingerprint density at radius 3 is 2.76 bits per heavy atom. The number of fused-ring (bicyclic) bond motifs is 4. The summed E-state index contributed by atoms with van der Waals surface area (Å²) in [6.07, 6.45) is 10.4. The van der Waals surface area contributed by atoms with Gasteiger partial charge in [0.05, 0.1) is 12.7 Å². The Hall–Kier alpha value is -0.370. The van der Waals surface area contributed by atoms with Crippen molar-refractivity contribution in [2.45, 2.75) is 71.3 Å². The van der Waals surface area contributed by atoms with E-state index >= 15 is 0 Å². The van der Waals surface area contributed by atoms with E-state index in [4.69, 9.17) is 4.74 Å². The van der Waals surface area contributed by atoms with E-state index in [9.17, 15) is 4.79 Å². The van der Waals surface area contributed by atoms with Crippen LogP contribution in [0.1, 0.15) is 65.2 Å². The van der Waals surface area contributed by atoms with Crippen molar-refractivity contribution in [1.82, 2.24) is 0 Å². The molecule has 21 heavy (non-hydrogen) atoms. The van der Waals surface area contributed by atoms with Gasteiger partial charge in [-0.15, -0.1) is 0 Å². The summed E-state index contributed by atoms with van der Waals surface area (Å²) in [6, 6.07) is 0. The highest BCUT2D eigenvalue weighted by Gasteiger charge is 2.70. The van der Waals surface area contributed by atoms with Gasteiger partial charge in [-0.1, -0.05) is 13.8 Å². The third-order valence-electron chi connectivity index (χ3n) is 9.00. The summed E-state index contributed by atoms with van der Waals surface area (Å²) in [4.78, 5) is 12.2. The molecule has 0 aromatic carbocycles. The van der Waals surface area contributed by atoms with Crippen molar-refractivity contribution in [3.05, 3.63) is 0 Å². The second-order valence-electron chi connectivity index (χ2n) is 9.35. The summed E-state index contributed by atoms with van der Waals surface area (Å²) < 4.78 is 5.91. The first-order valence-electron chi connectivity index (χ1n) is 9.14. The van der Waals surface area contributed by atoms with E-state index < -0.39 is 0 Å². The zero-order valence-electron chi connectivity index (χ0n) is 13.5. The third kappa shape index (κ3) is 1.30. The molecule has 2 heteroatoms. The van der Waals surface area contributed by atoms with Gasteiger partial charge in [-0.25, -0.2) is 0 Å². The van der Waals surface area contributed by atoms with E-state index in [1.165, 1.54) is 44.9 Å². The molecule has 0 aromatic heterocycles. The minimum absolute atomic E-state index is 0.419. The number of ketones is 1. The first-order valence-corrected chi connectivity index (χ1v) is 9.14. The summed E-state index contributed by atoms with van der Waals surface area (Å²) in [5, 5.41) is 0. The summed E-state index contributed by atoms with van der Waals surface area (Å²) >= 11 is 0. The van der Waals surface area contributed by atoms with Crippen LogP contribution in [0.4, 0.5) is 0 Å². The predicted octanol–water partition coefficient (Wildman–Crippen LogP) is 3.98. The number of hydrogen-bond donors (Lipinski definition) is 0. The molecule has 5 aliphatic rings. The maximum atomic E-state index is 12.2. The third-order valence-corrected chi connectivity index (χ3v) is 9.00. The molecule has 7 atom stereocenters. The van der Waals surface area contributed by atoms with Gasteiger partial charge in [0, 0.05) is 17.8 Å². The molecule has 2 unspecified atom stereocenters. The van der Waals surface area contributed by atoms with Gasteiger partial charge in [0.25, 0.3) is 0 Å². The van der Waals surface area contributed by atoms with Gasteiger partial charge in [-0.2, -0.15) is 0 Å². The number of carbonyl (C=O) groups excluding carboxylic acids is 1. The Labute approximate surface area is 128 Å². The van der Waals surface area contributed by atoms with Gasteiger partial charge in [0.2, 0.25) is 0 Å². The summed E-state index contributed by atoms with van der Waals surface area (Å²) in [5.41, 5.74) is 1.41. The molecule has 116 valence electrons. The van der Waals surface area contributed by atoms with Gasteiger partial charge < -0.3 is 4.74 Å². The number of rotatable bonds is 0. The normalized spacial score (nSPS) is 61.5. The molecule has 1 saturated heterocycles. The van der Waals surface area contributed by atoms with E-state index in [1.807, 2.05) is 0 Å². The van der Waals surface area contributed by atoms with Crippen molar-refractivity contribution in [3.8, 4) is 0 Å². The maximum Gasteiger partial charge on any atom is 0.136 e. The van der Waals surface area contributed by atoms with Crippen LogP contribution in [-0.2, 0) is 9.53 Å². The molecule has 5 fully saturated rings. The largest absolute Gasteiger partial charge is 0.377 e. The van der Waals surface area contributed by atoms with Crippen LogP contribution in [0.25, 0.3) is 0 Å². The average molecular weight is 288 g/mol. The van der Waals surface area contributed by atoms with E-state index in [0.717, 1.165) is 24.9 Å².